The summed E-state index contributed by atoms with van der Waals surface area (Å²) in [6.45, 7) is 1.52. The molecule has 0 aliphatic heterocycles. The zero-order valence-electron chi connectivity index (χ0n) is 14.5. The highest BCUT2D eigenvalue weighted by Gasteiger charge is 2.35. The summed E-state index contributed by atoms with van der Waals surface area (Å²) in [5.41, 5.74) is -2.36. The molecule has 1 aromatic heterocycles. The molecule has 0 saturated heterocycles. The second-order valence-electron chi connectivity index (χ2n) is 6.10. The molecular formula is C18H12F6N2O2S. The van der Waals surface area contributed by atoms with Crippen LogP contribution in [-0.2, 0) is 16.2 Å². The van der Waals surface area contributed by atoms with E-state index in [1.165, 1.54) is 19.1 Å². The third-order valence-corrected chi connectivity index (χ3v) is 5.40. The Labute approximate surface area is 161 Å². The minimum atomic E-state index is -5.14. The van der Waals surface area contributed by atoms with Gasteiger partial charge >= 0.3 is 6.18 Å². The molecule has 4 nitrogen and oxygen atoms in total. The molecule has 0 fully saturated rings. The Kier molecular flexibility index (Phi) is 5.11. The van der Waals surface area contributed by atoms with Gasteiger partial charge in [-0.3, -0.25) is 4.72 Å². The van der Waals surface area contributed by atoms with Gasteiger partial charge in [0.05, 0.1) is 11.3 Å². The number of alkyl halides is 3. The number of sulfonamides is 1. The SMILES string of the molecule is Cc1cccc(-c2cc(S(=O)(=O)Nc3cc(F)c(C(F)(F)F)cc3F)c[nH]2)c1F. The second-order valence-corrected chi connectivity index (χ2v) is 7.78. The van der Waals surface area contributed by atoms with E-state index in [1.807, 2.05) is 0 Å². The van der Waals surface area contributed by atoms with Crippen LogP contribution in [0, 0.1) is 24.4 Å². The summed E-state index contributed by atoms with van der Waals surface area (Å²) in [4.78, 5) is 2.11. The number of hydrogen-bond donors (Lipinski definition) is 2. The van der Waals surface area contributed by atoms with Crippen molar-refractivity contribution in [3.8, 4) is 11.3 Å². The maximum atomic E-state index is 14.2. The topological polar surface area (TPSA) is 62.0 Å². The fraction of sp³-hybridized carbons (Fsp3) is 0.111. The monoisotopic (exact) mass is 434 g/mol. The number of halogens is 6. The molecule has 0 aliphatic rings. The standard InChI is InChI=1S/C18H12F6N2O2S/c1-9-3-2-4-11(17(9)21)15-5-10(8-25-15)29(27,28)26-16-7-13(19)12(6-14(16)20)18(22,23)24/h2-8,25-26H,1H3. The van der Waals surface area contributed by atoms with Crippen LogP contribution in [0.2, 0.25) is 0 Å². The maximum Gasteiger partial charge on any atom is 0.419 e. The van der Waals surface area contributed by atoms with Crippen molar-refractivity contribution in [3.05, 3.63) is 71.2 Å². The van der Waals surface area contributed by atoms with Crippen molar-refractivity contribution < 1.29 is 34.8 Å². The van der Waals surface area contributed by atoms with Crippen LogP contribution in [0.3, 0.4) is 0 Å². The van der Waals surface area contributed by atoms with Gasteiger partial charge in [0.1, 0.15) is 22.3 Å². The molecule has 0 unspecified atom stereocenters. The molecule has 2 N–H and O–H groups in total. The van der Waals surface area contributed by atoms with Gasteiger partial charge in [-0.15, -0.1) is 0 Å². The fourth-order valence-corrected chi connectivity index (χ4v) is 3.64. The van der Waals surface area contributed by atoms with Crippen LogP contribution in [0.25, 0.3) is 11.3 Å². The number of nitrogens with one attached hydrogen (secondary N) is 2. The van der Waals surface area contributed by atoms with E-state index in [2.05, 4.69) is 4.98 Å². The molecular weight excluding hydrogens is 422 g/mol. The summed E-state index contributed by atoms with van der Waals surface area (Å²) in [7, 11) is -4.50. The lowest BCUT2D eigenvalue weighted by Gasteiger charge is -2.12. The van der Waals surface area contributed by atoms with Gasteiger partial charge in [-0.25, -0.2) is 21.6 Å². The number of anilines is 1. The molecule has 154 valence electrons. The van der Waals surface area contributed by atoms with Gasteiger partial charge in [0.25, 0.3) is 10.0 Å². The lowest BCUT2D eigenvalue weighted by Crippen LogP contribution is -2.15. The number of benzene rings is 2. The molecule has 0 radical (unpaired) electrons. The average molecular weight is 434 g/mol. The first-order valence-corrected chi connectivity index (χ1v) is 9.41. The van der Waals surface area contributed by atoms with Crippen molar-refractivity contribution in [1.29, 1.82) is 0 Å². The zero-order chi connectivity index (χ0) is 21.6. The summed E-state index contributed by atoms with van der Waals surface area (Å²) in [5, 5.41) is 0. The first kappa shape index (κ1) is 20.8. The molecule has 0 bridgehead atoms. The van der Waals surface area contributed by atoms with Gasteiger partial charge in [-0.2, -0.15) is 13.2 Å². The molecule has 11 heteroatoms. The fourth-order valence-electron chi connectivity index (χ4n) is 2.59. The van der Waals surface area contributed by atoms with Gasteiger partial charge < -0.3 is 4.98 Å². The Hall–Kier alpha value is -2.95. The summed E-state index contributed by atoms with van der Waals surface area (Å²) < 4.78 is 106. The maximum absolute atomic E-state index is 14.2. The molecule has 1 heterocycles. The highest BCUT2D eigenvalue weighted by atomic mass is 32.2. The van der Waals surface area contributed by atoms with Gasteiger partial charge in [0.2, 0.25) is 0 Å². The van der Waals surface area contributed by atoms with Gasteiger partial charge in [0, 0.05) is 23.5 Å². The van der Waals surface area contributed by atoms with Gasteiger partial charge in [-0.1, -0.05) is 12.1 Å². The predicted molar refractivity (Wildman–Crippen MR) is 93.1 cm³/mol. The minimum absolute atomic E-state index is 0.0817. The summed E-state index contributed by atoms with van der Waals surface area (Å²) in [6.07, 6.45) is -4.16. The molecule has 0 aliphatic carbocycles. The lowest BCUT2D eigenvalue weighted by atomic mass is 10.1. The highest BCUT2D eigenvalue weighted by molar-refractivity contribution is 7.92. The minimum Gasteiger partial charge on any atom is -0.360 e. The van der Waals surface area contributed by atoms with Crippen molar-refractivity contribution in [1.82, 2.24) is 4.98 Å². The Bertz CT molecular complexity index is 1190. The van der Waals surface area contributed by atoms with E-state index in [9.17, 15) is 34.8 Å². The van der Waals surface area contributed by atoms with E-state index in [-0.39, 0.29) is 23.4 Å². The Morgan fingerprint density at radius 2 is 1.69 bits per heavy atom. The van der Waals surface area contributed by atoms with E-state index in [4.69, 9.17) is 0 Å². The van der Waals surface area contributed by atoms with Crippen LogP contribution < -0.4 is 4.72 Å². The third kappa shape index (κ3) is 4.09. The van der Waals surface area contributed by atoms with E-state index < -0.39 is 49.8 Å². The molecule has 0 spiro atoms. The van der Waals surface area contributed by atoms with E-state index in [0.29, 0.717) is 5.56 Å². The van der Waals surface area contributed by atoms with E-state index >= 15 is 0 Å². The van der Waals surface area contributed by atoms with Crippen molar-refractivity contribution >= 4 is 15.7 Å². The number of hydrogen-bond acceptors (Lipinski definition) is 2. The molecule has 0 atom stereocenters. The lowest BCUT2D eigenvalue weighted by molar-refractivity contribution is -0.140. The summed E-state index contributed by atoms with van der Waals surface area (Å²) >= 11 is 0. The molecule has 3 aromatic rings. The van der Waals surface area contributed by atoms with Crippen LogP contribution in [0.4, 0.5) is 32.0 Å². The van der Waals surface area contributed by atoms with E-state index in [0.717, 1.165) is 12.3 Å². The normalized spacial score (nSPS) is 12.2. The van der Waals surface area contributed by atoms with Crippen LogP contribution in [-0.4, -0.2) is 13.4 Å². The molecule has 3 rings (SSSR count). The molecule has 2 aromatic carbocycles. The summed E-state index contributed by atoms with van der Waals surface area (Å²) in [5.74, 6) is -4.03. The van der Waals surface area contributed by atoms with Gasteiger partial charge in [-0.05, 0) is 30.7 Å². The average Bonchev–Trinajstić information content (AvgIpc) is 3.10. The van der Waals surface area contributed by atoms with Gasteiger partial charge in [0.15, 0.2) is 0 Å². The van der Waals surface area contributed by atoms with Crippen molar-refractivity contribution in [2.24, 2.45) is 0 Å². The zero-order valence-corrected chi connectivity index (χ0v) is 15.4. The number of H-pyrrole nitrogens is 1. The molecule has 0 amide bonds. The largest absolute Gasteiger partial charge is 0.419 e. The Morgan fingerprint density at radius 3 is 2.34 bits per heavy atom. The quantitative estimate of drug-likeness (QED) is 0.553. The molecule has 29 heavy (non-hydrogen) atoms. The van der Waals surface area contributed by atoms with Crippen molar-refractivity contribution in [2.75, 3.05) is 4.72 Å². The number of rotatable bonds is 4. The number of aryl methyl sites for hydroxylation is 1. The van der Waals surface area contributed by atoms with Crippen LogP contribution in [0.5, 0.6) is 0 Å². The summed E-state index contributed by atoms with van der Waals surface area (Å²) in [6, 6.07) is 5.49. The first-order chi connectivity index (χ1) is 13.4. The third-order valence-electron chi connectivity index (χ3n) is 4.06. The van der Waals surface area contributed by atoms with Crippen molar-refractivity contribution in [3.63, 3.8) is 0 Å². The van der Waals surface area contributed by atoms with E-state index in [1.54, 1.807) is 10.8 Å². The molecule has 0 saturated carbocycles. The Balaban J connectivity index is 1.95. The predicted octanol–water partition coefficient (Wildman–Crippen LogP) is 5.23. The number of aromatic nitrogens is 1. The highest BCUT2D eigenvalue weighted by Crippen LogP contribution is 2.34. The number of aromatic amines is 1. The van der Waals surface area contributed by atoms with Crippen LogP contribution in [0.1, 0.15) is 11.1 Å². The Morgan fingerprint density at radius 1 is 1.00 bits per heavy atom. The van der Waals surface area contributed by atoms with Crippen LogP contribution >= 0.6 is 0 Å². The van der Waals surface area contributed by atoms with Crippen LogP contribution in [0.15, 0.2) is 47.5 Å². The second kappa shape index (κ2) is 7.14. The van der Waals surface area contributed by atoms with Crippen molar-refractivity contribution in [2.45, 2.75) is 18.0 Å². The first-order valence-electron chi connectivity index (χ1n) is 7.93. The smallest absolute Gasteiger partial charge is 0.360 e.